The minimum atomic E-state index is -0.935. The highest BCUT2D eigenvalue weighted by Gasteiger charge is 2.16. The van der Waals surface area contributed by atoms with Gasteiger partial charge >= 0.3 is 0 Å². The van der Waals surface area contributed by atoms with Crippen LogP contribution in [0.4, 0.5) is 14.5 Å². The number of aliphatic imine (C=N–C) groups is 1. The minimum Gasteiger partial charge on any atom is -0.340 e. The minimum absolute atomic E-state index is 0.383. The molecule has 134 valence electrons. The fraction of sp³-hybridized carbons (Fsp3) is 0.0500. The summed E-state index contributed by atoms with van der Waals surface area (Å²) in [4.78, 5) is 13.0. The second kappa shape index (κ2) is 7.25. The quantitative estimate of drug-likeness (QED) is 0.688. The van der Waals surface area contributed by atoms with E-state index in [4.69, 9.17) is 11.6 Å². The predicted octanol–water partition coefficient (Wildman–Crippen LogP) is 4.86. The van der Waals surface area contributed by atoms with Crippen LogP contribution in [0.25, 0.3) is 5.70 Å². The van der Waals surface area contributed by atoms with Crippen LogP contribution >= 0.6 is 11.6 Å². The van der Waals surface area contributed by atoms with Crippen molar-refractivity contribution in [2.24, 2.45) is 4.99 Å². The maximum absolute atomic E-state index is 13.6. The summed E-state index contributed by atoms with van der Waals surface area (Å²) in [6, 6.07) is 9.07. The molecule has 1 aromatic heterocycles. The first kappa shape index (κ1) is 17.3. The molecule has 1 aliphatic heterocycles. The number of aromatic nitrogens is 2. The summed E-state index contributed by atoms with van der Waals surface area (Å²) in [6.07, 6.45) is 7.31. The molecule has 0 bridgehead atoms. The molecule has 4 nitrogen and oxygen atoms in total. The van der Waals surface area contributed by atoms with Crippen molar-refractivity contribution in [2.75, 3.05) is 5.32 Å². The Hall–Kier alpha value is -3.12. The lowest BCUT2D eigenvalue weighted by molar-refractivity contribution is 0.509. The fourth-order valence-corrected chi connectivity index (χ4v) is 2.99. The molecule has 0 spiro atoms. The molecule has 0 saturated carbocycles. The van der Waals surface area contributed by atoms with Crippen LogP contribution in [-0.2, 0) is 6.42 Å². The third-order valence-corrected chi connectivity index (χ3v) is 4.31. The van der Waals surface area contributed by atoms with Gasteiger partial charge < -0.3 is 5.32 Å². The van der Waals surface area contributed by atoms with Gasteiger partial charge in [0.25, 0.3) is 0 Å². The molecule has 2 heterocycles. The molecular formula is C20H13ClF2N4. The molecule has 7 heteroatoms. The smallest absolute Gasteiger partial charge is 0.160 e. The summed E-state index contributed by atoms with van der Waals surface area (Å²) in [7, 11) is 0. The predicted molar refractivity (Wildman–Crippen MR) is 102 cm³/mol. The first-order valence-corrected chi connectivity index (χ1v) is 8.54. The number of anilines is 1. The van der Waals surface area contributed by atoms with Gasteiger partial charge in [0.1, 0.15) is 11.5 Å². The average molecular weight is 383 g/mol. The highest BCUT2D eigenvalue weighted by molar-refractivity contribution is 6.30. The van der Waals surface area contributed by atoms with Gasteiger partial charge in [-0.3, -0.25) is 9.97 Å². The summed E-state index contributed by atoms with van der Waals surface area (Å²) in [5.74, 6) is -1.35. The van der Waals surface area contributed by atoms with E-state index in [0.717, 1.165) is 23.3 Å². The molecule has 0 amide bonds. The SMILES string of the molecule is Fc1ccc(NC2=NC(c3cnccn3)=CCc3cc(Cl)ccc32)cc1F. The van der Waals surface area contributed by atoms with Gasteiger partial charge in [0.15, 0.2) is 11.6 Å². The lowest BCUT2D eigenvalue weighted by atomic mass is 10.0. The van der Waals surface area contributed by atoms with E-state index in [2.05, 4.69) is 20.3 Å². The molecule has 0 aliphatic carbocycles. The summed E-state index contributed by atoms with van der Waals surface area (Å²) in [6.45, 7) is 0. The largest absolute Gasteiger partial charge is 0.340 e. The second-order valence-electron chi connectivity index (χ2n) is 5.90. The van der Waals surface area contributed by atoms with Crippen molar-refractivity contribution in [1.29, 1.82) is 0 Å². The Kier molecular flexibility index (Phi) is 4.64. The molecule has 0 radical (unpaired) electrons. The Morgan fingerprint density at radius 1 is 1.00 bits per heavy atom. The van der Waals surface area contributed by atoms with Crippen LogP contribution < -0.4 is 5.32 Å². The molecular weight excluding hydrogens is 370 g/mol. The van der Waals surface area contributed by atoms with E-state index in [9.17, 15) is 8.78 Å². The van der Waals surface area contributed by atoms with Crippen LogP contribution in [-0.4, -0.2) is 15.8 Å². The van der Waals surface area contributed by atoms with E-state index in [1.165, 1.54) is 6.07 Å². The van der Waals surface area contributed by atoms with Crippen LogP contribution in [0.5, 0.6) is 0 Å². The van der Waals surface area contributed by atoms with Crippen molar-refractivity contribution < 1.29 is 8.78 Å². The van der Waals surface area contributed by atoms with Crippen LogP contribution in [0.3, 0.4) is 0 Å². The van der Waals surface area contributed by atoms with Crippen LogP contribution in [0.1, 0.15) is 16.8 Å². The number of nitrogens with one attached hydrogen (secondary N) is 1. The third kappa shape index (κ3) is 3.71. The molecule has 3 aromatic rings. The monoisotopic (exact) mass is 382 g/mol. The van der Waals surface area contributed by atoms with Gasteiger partial charge in [0, 0.05) is 34.7 Å². The number of benzene rings is 2. The lowest BCUT2D eigenvalue weighted by Gasteiger charge is -2.13. The molecule has 4 rings (SSSR count). The molecule has 0 fully saturated rings. The van der Waals surface area contributed by atoms with Crippen LogP contribution in [0, 0.1) is 11.6 Å². The van der Waals surface area contributed by atoms with Gasteiger partial charge in [-0.25, -0.2) is 13.8 Å². The zero-order valence-electron chi connectivity index (χ0n) is 14.0. The lowest BCUT2D eigenvalue weighted by Crippen LogP contribution is -2.15. The van der Waals surface area contributed by atoms with Gasteiger partial charge in [-0.1, -0.05) is 17.7 Å². The second-order valence-corrected chi connectivity index (χ2v) is 6.34. The summed E-state index contributed by atoms with van der Waals surface area (Å²) >= 11 is 6.13. The van der Waals surface area contributed by atoms with Gasteiger partial charge in [-0.05, 0) is 42.3 Å². The van der Waals surface area contributed by atoms with Gasteiger partial charge in [0.05, 0.1) is 11.9 Å². The van der Waals surface area contributed by atoms with E-state index in [0.29, 0.717) is 34.4 Å². The topological polar surface area (TPSA) is 50.2 Å². The van der Waals surface area contributed by atoms with Gasteiger partial charge in [-0.15, -0.1) is 0 Å². The number of nitrogens with zero attached hydrogens (tertiary/aromatic N) is 3. The standard InChI is InChI=1S/C20H13ClF2N4/c21-13-2-4-15-12(9-13)1-6-18(19-11-24-7-8-25-19)27-20(15)26-14-3-5-16(22)17(23)10-14/h2-11H,1H2,(H,26,27). The Labute approximate surface area is 159 Å². The maximum atomic E-state index is 13.6. The van der Waals surface area contributed by atoms with Crippen LogP contribution in [0.15, 0.2) is 66.1 Å². The maximum Gasteiger partial charge on any atom is 0.160 e. The molecule has 0 saturated heterocycles. The number of halogens is 3. The van der Waals surface area contributed by atoms with E-state index in [-0.39, 0.29) is 0 Å². The molecule has 0 atom stereocenters. The summed E-state index contributed by atoms with van der Waals surface area (Å²) in [5.41, 5.74) is 3.39. The number of amidine groups is 1. The van der Waals surface area contributed by atoms with Crippen molar-refractivity contribution in [2.45, 2.75) is 6.42 Å². The van der Waals surface area contributed by atoms with Gasteiger partial charge in [0.2, 0.25) is 0 Å². The Morgan fingerprint density at radius 2 is 1.89 bits per heavy atom. The van der Waals surface area contributed by atoms with Crippen molar-refractivity contribution >= 4 is 28.8 Å². The Bertz CT molecular complexity index is 1060. The number of fused-ring (bicyclic) bond motifs is 1. The van der Waals surface area contributed by atoms with E-state index in [1.54, 1.807) is 24.7 Å². The highest BCUT2D eigenvalue weighted by Crippen LogP contribution is 2.26. The molecule has 0 unspecified atom stereocenters. The average Bonchev–Trinajstić information content (AvgIpc) is 2.85. The Morgan fingerprint density at radius 3 is 2.67 bits per heavy atom. The molecule has 1 N–H and O–H groups in total. The molecule has 2 aromatic carbocycles. The van der Waals surface area contributed by atoms with Crippen molar-refractivity contribution in [1.82, 2.24) is 9.97 Å². The normalized spacial score (nSPS) is 13.3. The fourth-order valence-electron chi connectivity index (χ4n) is 2.79. The number of allylic oxidation sites excluding steroid dienone is 1. The Balaban J connectivity index is 1.80. The van der Waals surface area contributed by atoms with Crippen LogP contribution in [0.2, 0.25) is 5.02 Å². The zero-order valence-corrected chi connectivity index (χ0v) is 14.7. The first-order valence-electron chi connectivity index (χ1n) is 8.16. The van der Waals surface area contributed by atoms with E-state index < -0.39 is 11.6 Å². The highest BCUT2D eigenvalue weighted by atomic mass is 35.5. The summed E-state index contributed by atoms with van der Waals surface area (Å²) in [5, 5.41) is 3.68. The van der Waals surface area contributed by atoms with E-state index >= 15 is 0 Å². The zero-order chi connectivity index (χ0) is 18.8. The van der Waals surface area contributed by atoms with Crippen molar-refractivity contribution in [3.8, 4) is 0 Å². The number of rotatable bonds is 2. The van der Waals surface area contributed by atoms with Gasteiger partial charge in [-0.2, -0.15) is 0 Å². The van der Waals surface area contributed by atoms with Crippen molar-refractivity contribution in [3.05, 3.63) is 94.5 Å². The van der Waals surface area contributed by atoms with E-state index in [1.807, 2.05) is 18.2 Å². The summed E-state index contributed by atoms with van der Waals surface area (Å²) < 4.78 is 26.8. The molecule has 27 heavy (non-hydrogen) atoms. The first-order chi connectivity index (χ1) is 13.1. The third-order valence-electron chi connectivity index (χ3n) is 4.08. The number of hydrogen-bond donors (Lipinski definition) is 1. The molecule has 1 aliphatic rings. The number of hydrogen-bond acceptors (Lipinski definition) is 4. The van der Waals surface area contributed by atoms with Crippen molar-refractivity contribution in [3.63, 3.8) is 0 Å².